The minimum absolute atomic E-state index is 0.0272. The molecule has 21 heavy (non-hydrogen) atoms. The molecule has 1 aliphatic heterocycles. The van der Waals surface area contributed by atoms with Gasteiger partial charge in [-0.15, -0.1) is 0 Å². The Bertz CT molecular complexity index is 573. The van der Waals surface area contributed by atoms with Crippen molar-refractivity contribution in [3.8, 4) is 5.75 Å². The average molecular weight is 289 g/mol. The molecule has 6 nitrogen and oxygen atoms in total. The summed E-state index contributed by atoms with van der Waals surface area (Å²) in [7, 11) is 0. The number of hydrogen-bond acceptors (Lipinski definition) is 6. The van der Waals surface area contributed by atoms with Crippen molar-refractivity contribution in [3.05, 3.63) is 42.0 Å². The fraction of sp³-hybridized carbons (Fsp3) is 0.467. The van der Waals surface area contributed by atoms with Gasteiger partial charge in [-0.1, -0.05) is 23.4 Å². The second-order valence-corrected chi connectivity index (χ2v) is 5.24. The summed E-state index contributed by atoms with van der Waals surface area (Å²) in [4.78, 5) is 6.40. The number of para-hydroxylation sites is 1. The van der Waals surface area contributed by atoms with E-state index in [1.165, 1.54) is 0 Å². The molecule has 0 bridgehead atoms. The molecule has 112 valence electrons. The maximum absolute atomic E-state index is 9.88. The molecule has 1 aliphatic rings. The zero-order valence-corrected chi connectivity index (χ0v) is 12.0. The minimum atomic E-state index is -0.362. The van der Waals surface area contributed by atoms with E-state index in [0.29, 0.717) is 37.8 Å². The van der Waals surface area contributed by atoms with Crippen LogP contribution >= 0.6 is 0 Å². The second-order valence-electron chi connectivity index (χ2n) is 5.24. The van der Waals surface area contributed by atoms with Gasteiger partial charge in [0.1, 0.15) is 12.4 Å². The van der Waals surface area contributed by atoms with Gasteiger partial charge in [0.25, 0.3) is 0 Å². The first-order valence-corrected chi connectivity index (χ1v) is 7.12. The van der Waals surface area contributed by atoms with Gasteiger partial charge in [0.15, 0.2) is 5.82 Å². The Morgan fingerprint density at radius 3 is 2.90 bits per heavy atom. The van der Waals surface area contributed by atoms with Crippen molar-refractivity contribution < 1.29 is 14.4 Å². The lowest BCUT2D eigenvalue weighted by Crippen LogP contribution is -2.29. The Morgan fingerprint density at radius 2 is 2.19 bits per heavy atom. The highest BCUT2D eigenvalue weighted by Crippen LogP contribution is 2.30. The molecule has 1 N–H and O–H groups in total. The predicted octanol–water partition coefficient (Wildman–Crippen LogP) is 1.56. The summed E-state index contributed by atoms with van der Waals surface area (Å²) in [5.74, 6) is 2.04. The first kappa shape index (κ1) is 14.0. The van der Waals surface area contributed by atoms with Crippen molar-refractivity contribution >= 4 is 0 Å². The summed E-state index contributed by atoms with van der Waals surface area (Å²) in [6.07, 6.45) is 0.256. The van der Waals surface area contributed by atoms with Crippen molar-refractivity contribution in [1.82, 2.24) is 15.0 Å². The number of benzene rings is 1. The molecule has 0 aliphatic carbocycles. The quantitative estimate of drug-likeness (QED) is 0.900. The Kier molecular flexibility index (Phi) is 4.17. The molecule has 1 fully saturated rings. The molecule has 2 aromatic rings. The van der Waals surface area contributed by atoms with Crippen molar-refractivity contribution in [3.63, 3.8) is 0 Å². The summed E-state index contributed by atoms with van der Waals surface area (Å²) in [6, 6.07) is 9.67. The maximum atomic E-state index is 9.88. The lowest BCUT2D eigenvalue weighted by Gasteiger charge is -2.21. The molecule has 1 aromatic heterocycles. The van der Waals surface area contributed by atoms with Crippen molar-refractivity contribution in [1.29, 1.82) is 0 Å². The summed E-state index contributed by atoms with van der Waals surface area (Å²) in [6.45, 7) is 3.66. The van der Waals surface area contributed by atoms with Crippen LogP contribution in [0.3, 0.4) is 0 Å². The van der Waals surface area contributed by atoms with Crippen LogP contribution in [0, 0.1) is 6.92 Å². The van der Waals surface area contributed by atoms with Gasteiger partial charge in [0.05, 0.1) is 12.1 Å². The van der Waals surface area contributed by atoms with Gasteiger partial charge in [-0.25, -0.2) is 0 Å². The number of rotatable bonds is 5. The zero-order chi connectivity index (χ0) is 14.7. The largest absolute Gasteiger partial charge is 0.492 e. The van der Waals surface area contributed by atoms with Crippen LogP contribution in [0.25, 0.3) is 0 Å². The summed E-state index contributed by atoms with van der Waals surface area (Å²) >= 11 is 0. The van der Waals surface area contributed by atoms with Crippen LogP contribution in [-0.4, -0.2) is 45.9 Å². The third-order valence-corrected chi connectivity index (χ3v) is 3.60. The van der Waals surface area contributed by atoms with Gasteiger partial charge < -0.3 is 14.4 Å². The highest BCUT2D eigenvalue weighted by molar-refractivity contribution is 5.20. The zero-order valence-electron chi connectivity index (χ0n) is 12.0. The lowest BCUT2D eigenvalue weighted by molar-refractivity contribution is 0.155. The van der Waals surface area contributed by atoms with Crippen LogP contribution in [0.15, 0.2) is 34.9 Å². The number of ether oxygens (including phenoxy) is 1. The van der Waals surface area contributed by atoms with Gasteiger partial charge >= 0.3 is 0 Å². The second kappa shape index (κ2) is 6.24. The van der Waals surface area contributed by atoms with Gasteiger partial charge in [-0.2, -0.15) is 4.98 Å². The SMILES string of the molecule is Cc1noc([C@H]2C[C@@H](O)CN2CCOc2ccccc2)n1. The molecule has 2 heterocycles. The van der Waals surface area contributed by atoms with E-state index in [1.807, 2.05) is 30.3 Å². The molecule has 0 saturated carbocycles. The van der Waals surface area contributed by atoms with E-state index in [-0.39, 0.29) is 12.1 Å². The Morgan fingerprint density at radius 1 is 1.38 bits per heavy atom. The molecule has 0 amide bonds. The number of nitrogens with zero attached hydrogens (tertiary/aromatic N) is 3. The van der Waals surface area contributed by atoms with Crippen LogP contribution in [0.2, 0.25) is 0 Å². The van der Waals surface area contributed by atoms with Crippen molar-refractivity contribution in [2.45, 2.75) is 25.5 Å². The smallest absolute Gasteiger partial charge is 0.244 e. The van der Waals surface area contributed by atoms with Gasteiger partial charge in [-0.05, 0) is 25.5 Å². The topological polar surface area (TPSA) is 71.6 Å². The molecule has 6 heteroatoms. The maximum Gasteiger partial charge on any atom is 0.244 e. The fourth-order valence-corrected chi connectivity index (χ4v) is 2.63. The lowest BCUT2D eigenvalue weighted by atomic mass is 10.2. The number of hydrogen-bond donors (Lipinski definition) is 1. The standard InChI is InChI=1S/C15H19N3O3/c1-11-16-15(21-17-11)14-9-12(19)10-18(14)7-8-20-13-5-3-2-4-6-13/h2-6,12,14,19H,7-10H2,1H3/t12-,14-/m1/s1. The molecule has 0 spiro atoms. The van der Waals surface area contributed by atoms with E-state index in [2.05, 4.69) is 15.0 Å². The number of aliphatic hydroxyl groups excluding tert-OH is 1. The molecule has 0 radical (unpaired) electrons. The molecule has 2 atom stereocenters. The first-order chi connectivity index (χ1) is 10.2. The van der Waals surface area contributed by atoms with E-state index in [9.17, 15) is 5.11 Å². The van der Waals surface area contributed by atoms with Gasteiger partial charge in [0, 0.05) is 13.1 Å². The Labute approximate surface area is 123 Å². The van der Waals surface area contributed by atoms with Gasteiger partial charge in [-0.3, -0.25) is 4.90 Å². The number of aliphatic hydroxyl groups is 1. The van der Waals surface area contributed by atoms with Crippen LogP contribution in [0.1, 0.15) is 24.2 Å². The predicted molar refractivity (Wildman–Crippen MR) is 75.9 cm³/mol. The Balaban J connectivity index is 1.58. The van der Waals surface area contributed by atoms with E-state index in [4.69, 9.17) is 9.26 Å². The third-order valence-electron chi connectivity index (χ3n) is 3.60. The first-order valence-electron chi connectivity index (χ1n) is 7.12. The summed E-state index contributed by atoms with van der Waals surface area (Å²) in [5.41, 5.74) is 0. The third kappa shape index (κ3) is 3.40. The molecule has 1 aromatic carbocycles. The van der Waals surface area contributed by atoms with Gasteiger partial charge in [0.2, 0.25) is 5.89 Å². The summed E-state index contributed by atoms with van der Waals surface area (Å²) < 4.78 is 10.9. The van der Waals surface area contributed by atoms with E-state index >= 15 is 0 Å². The normalized spacial score (nSPS) is 22.6. The molecule has 1 saturated heterocycles. The van der Waals surface area contributed by atoms with Crippen LogP contribution < -0.4 is 4.74 Å². The number of β-amino-alcohol motifs (C(OH)–C–C–N with tert-alkyl or cyclic N) is 1. The molecular weight excluding hydrogens is 270 g/mol. The van der Waals surface area contributed by atoms with Crippen LogP contribution in [-0.2, 0) is 0 Å². The molecule has 3 rings (SSSR count). The van der Waals surface area contributed by atoms with E-state index < -0.39 is 0 Å². The number of aromatic nitrogens is 2. The van der Waals surface area contributed by atoms with Crippen molar-refractivity contribution in [2.75, 3.05) is 19.7 Å². The monoisotopic (exact) mass is 289 g/mol. The number of aryl methyl sites for hydroxylation is 1. The highest BCUT2D eigenvalue weighted by Gasteiger charge is 2.35. The molecule has 0 unspecified atom stereocenters. The van der Waals surface area contributed by atoms with E-state index in [1.54, 1.807) is 6.92 Å². The van der Waals surface area contributed by atoms with Crippen LogP contribution in [0.4, 0.5) is 0 Å². The fourth-order valence-electron chi connectivity index (χ4n) is 2.63. The Hall–Kier alpha value is -1.92. The minimum Gasteiger partial charge on any atom is -0.492 e. The summed E-state index contributed by atoms with van der Waals surface area (Å²) in [5, 5.41) is 13.7. The highest BCUT2D eigenvalue weighted by atomic mass is 16.5. The van der Waals surface area contributed by atoms with Crippen LogP contribution in [0.5, 0.6) is 5.75 Å². The average Bonchev–Trinajstić information content (AvgIpc) is 3.06. The van der Waals surface area contributed by atoms with Crippen molar-refractivity contribution in [2.24, 2.45) is 0 Å². The molecular formula is C15H19N3O3. The van der Waals surface area contributed by atoms with E-state index in [0.717, 1.165) is 5.75 Å². The number of likely N-dealkylation sites (tertiary alicyclic amines) is 1.